The first kappa shape index (κ1) is 12.9. The molecule has 1 heterocycles. The zero-order valence-electron chi connectivity index (χ0n) is 10.8. The zero-order valence-corrected chi connectivity index (χ0v) is 12.4. The number of hydrogen-bond acceptors (Lipinski definition) is 3. The smallest absolute Gasteiger partial charge is 0.220 e. The first-order chi connectivity index (χ1) is 9.76. The van der Waals surface area contributed by atoms with Crippen LogP contribution in [0.4, 0.5) is 0 Å². The minimum absolute atomic E-state index is 0.577. The van der Waals surface area contributed by atoms with Gasteiger partial charge in [-0.1, -0.05) is 28.1 Å². The zero-order chi connectivity index (χ0) is 13.9. The first-order valence-electron chi connectivity index (χ1n) is 6.13. The highest BCUT2D eigenvalue weighted by molar-refractivity contribution is 9.10. The van der Waals surface area contributed by atoms with Gasteiger partial charge in [0.05, 0.1) is 7.11 Å². The van der Waals surface area contributed by atoms with Crippen molar-refractivity contribution in [2.75, 3.05) is 7.11 Å². The van der Waals surface area contributed by atoms with Gasteiger partial charge in [0.2, 0.25) is 5.89 Å². The molecule has 4 heteroatoms. The Bertz CT molecular complexity index is 744. The van der Waals surface area contributed by atoms with Gasteiger partial charge in [0, 0.05) is 16.1 Å². The lowest BCUT2D eigenvalue weighted by Crippen LogP contribution is -1.86. The summed E-state index contributed by atoms with van der Waals surface area (Å²) in [5.74, 6) is 1.38. The Kier molecular flexibility index (Phi) is 3.56. The highest BCUT2D eigenvalue weighted by Gasteiger charge is 2.03. The van der Waals surface area contributed by atoms with Gasteiger partial charge in [0.25, 0.3) is 0 Å². The first-order valence-corrected chi connectivity index (χ1v) is 6.93. The molecule has 20 heavy (non-hydrogen) atoms. The number of aromatic nitrogens is 1. The number of oxazole rings is 1. The Morgan fingerprint density at radius 2 is 2.00 bits per heavy atom. The van der Waals surface area contributed by atoms with Gasteiger partial charge in [-0.15, -0.1) is 0 Å². The lowest BCUT2D eigenvalue weighted by atomic mass is 10.2. The highest BCUT2D eigenvalue weighted by Crippen LogP contribution is 2.25. The van der Waals surface area contributed by atoms with Gasteiger partial charge in [-0.05, 0) is 36.4 Å². The molecule has 0 saturated heterocycles. The SMILES string of the molecule is COc1ccc(Br)cc1C=Cc1nc2ccccc2o1. The van der Waals surface area contributed by atoms with Crippen molar-refractivity contribution >= 4 is 39.2 Å². The molecule has 0 aliphatic rings. The molecule has 2 aromatic carbocycles. The predicted molar refractivity (Wildman–Crippen MR) is 83.6 cm³/mol. The number of fused-ring (bicyclic) bond motifs is 1. The fourth-order valence-corrected chi connectivity index (χ4v) is 2.34. The maximum Gasteiger partial charge on any atom is 0.220 e. The van der Waals surface area contributed by atoms with Crippen molar-refractivity contribution in [3.63, 3.8) is 0 Å². The number of rotatable bonds is 3. The Hall–Kier alpha value is -2.07. The topological polar surface area (TPSA) is 35.3 Å². The molecular weight excluding hydrogens is 318 g/mol. The van der Waals surface area contributed by atoms with Crippen LogP contribution >= 0.6 is 15.9 Å². The fourth-order valence-electron chi connectivity index (χ4n) is 1.96. The number of benzene rings is 2. The van der Waals surface area contributed by atoms with Crippen molar-refractivity contribution in [2.45, 2.75) is 0 Å². The second-order valence-electron chi connectivity index (χ2n) is 4.24. The maximum atomic E-state index is 5.64. The molecule has 0 N–H and O–H groups in total. The molecule has 0 amide bonds. The third-order valence-corrected chi connectivity index (χ3v) is 3.40. The predicted octanol–water partition coefficient (Wildman–Crippen LogP) is 4.77. The summed E-state index contributed by atoms with van der Waals surface area (Å²) in [5.41, 5.74) is 2.60. The van der Waals surface area contributed by atoms with Crippen molar-refractivity contribution in [3.05, 3.63) is 58.4 Å². The largest absolute Gasteiger partial charge is 0.496 e. The van der Waals surface area contributed by atoms with E-state index in [1.807, 2.05) is 54.6 Å². The van der Waals surface area contributed by atoms with Crippen LogP contribution in [0, 0.1) is 0 Å². The molecule has 1 aromatic heterocycles. The monoisotopic (exact) mass is 329 g/mol. The number of halogens is 1. The van der Waals surface area contributed by atoms with E-state index < -0.39 is 0 Å². The van der Waals surface area contributed by atoms with Crippen molar-refractivity contribution in [3.8, 4) is 5.75 Å². The lowest BCUT2D eigenvalue weighted by Gasteiger charge is -2.04. The molecule has 3 aromatic rings. The van der Waals surface area contributed by atoms with E-state index in [-0.39, 0.29) is 0 Å². The van der Waals surface area contributed by atoms with Crippen LogP contribution in [0.2, 0.25) is 0 Å². The van der Waals surface area contributed by atoms with Gasteiger partial charge in [0.1, 0.15) is 11.3 Å². The van der Waals surface area contributed by atoms with E-state index in [0.717, 1.165) is 26.9 Å². The molecule has 0 fully saturated rings. The van der Waals surface area contributed by atoms with E-state index in [0.29, 0.717) is 5.89 Å². The average Bonchev–Trinajstić information content (AvgIpc) is 2.88. The number of para-hydroxylation sites is 2. The van der Waals surface area contributed by atoms with Crippen molar-refractivity contribution < 1.29 is 9.15 Å². The third kappa shape index (κ3) is 2.60. The van der Waals surface area contributed by atoms with Crippen LogP contribution in [-0.2, 0) is 0 Å². The summed E-state index contributed by atoms with van der Waals surface area (Å²) in [6, 6.07) is 13.5. The molecule has 3 nitrogen and oxygen atoms in total. The van der Waals surface area contributed by atoms with Gasteiger partial charge in [0.15, 0.2) is 5.58 Å². The Morgan fingerprint density at radius 1 is 1.15 bits per heavy atom. The van der Waals surface area contributed by atoms with Gasteiger partial charge in [-0.25, -0.2) is 4.98 Å². The molecule has 0 aliphatic heterocycles. The summed E-state index contributed by atoms with van der Waals surface area (Å²) >= 11 is 3.45. The molecule has 0 radical (unpaired) electrons. The lowest BCUT2D eigenvalue weighted by molar-refractivity contribution is 0.414. The van der Waals surface area contributed by atoms with Gasteiger partial charge in [-0.2, -0.15) is 0 Å². The van der Waals surface area contributed by atoms with E-state index in [9.17, 15) is 0 Å². The summed E-state index contributed by atoms with van der Waals surface area (Å²) in [6.45, 7) is 0. The minimum atomic E-state index is 0.577. The van der Waals surface area contributed by atoms with E-state index in [2.05, 4.69) is 20.9 Å². The molecule has 3 rings (SSSR count). The van der Waals surface area contributed by atoms with Crippen LogP contribution in [0.25, 0.3) is 23.3 Å². The van der Waals surface area contributed by atoms with Crippen molar-refractivity contribution in [1.82, 2.24) is 4.98 Å². The summed E-state index contributed by atoms with van der Waals surface area (Å²) in [5, 5.41) is 0. The van der Waals surface area contributed by atoms with Crippen molar-refractivity contribution in [1.29, 1.82) is 0 Å². The molecule has 0 aliphatic carbocycles. The van der Waals surface area contributed by atoms with E-state index in [1.165, 1.54) is 0 Å². The summed E-state index contributed by atoms with van der Waals surface area (Å²) in [4.78, 5) is 4.40. The highest BCUT2D eigenvalue weighted by atomic mass is 79.9. The Labute approximate surface area is 125 Å². The molecular formula is C16H12BrNO2. The second kappa shape index (κ2) is 5.51. The van der Waals surface area contributed by atoms with E-state index in [1.54, 1.807) is 7.11 Å². The summed E-state index contributed by atoms with van der Waals surface area (Å²) < 4.78 is 12.0. The second-order valence-corrected chi connectivity index (χ2v) is 5.16. The maximum absolute atomic E-state index is 5.64. The van der Waals surface area contributed by atoms with Gasteiger partial charge < -0.3 is 9.15 Å². The van der Waals surface area contributed by atoms with E-state index in [4.69, 9.17) is 9.15 Å². The fraction of sp³-hybridized carbons (Fsp3) is 0.0625. The standard InChI is InChI=1S/C16H12BrNO2/c1-19-14-8-7-12(17)10-11(14)6-9-16-18-13-4-2-3-5-15(13)20-16/h2-10H,1H3. The minimum Gasteiger partial charge on any atom is -0.496 e. The quantitative estimate of drug-likeness (QED) is 0.694. The van der Waals surface area contributed by atoms with Crippen molar-refractivity contribution in [2.24, 2.45) is 0 Å². The van der Waals surface area contributed by atoms with Crippen LogP contribution < -0.4 is 4.74 Å². The normalized spacial score (nSPS) is 11.3. The summed E-state index contributed by atoms with van der Waals surface area (Å²) in [6.07, 6.45) is 3.76. The number of nitrogens with zero attached hydrogens (tertiary/aromatic N) is 1. The van der Waals surface area contributed by atoms with Crippen LogP contribution in [0.15, 0.2) is 51.4 Å². The average molecular weight is 330 g/mol. The van der Waals surface area contributed by atoms with E-state index >= 15 is 0 Å². The molecule has 0 spiro atoms. The molecule has 0 unspecified atom stereocenters. The molecule has 0 bridgehead atoms. The van der Waals surface area contributed by atoms with Crippen LogP contribution in [0.3, 0.4) is 0 Å². The number of ether oxygens (including phenoxy) is 1. The third-order valence-electron chi connectivity index (χ3n) is 2.91. The van der Waals surface area contributed by atoms with Crippen LogP contribution in [0.5, 0.6) is 5.75 Å². The molecule has 0 saturated carbocycles. The van der Waals surface area contributed by atoms with Gasteiger partial charge in [-0.3, -0.25) is 0 Å². The molecule has 0 atom stereocenters. The Balaban J connectivity index is 1.95. The molecule has 100 valence electrons. The van der Waals surface area contributed by atoms with Gasteiger partial charge >= 0.3 is 0 Å². The number of methoxy groups -OCH3 is 1. The summed E-state index contributed by atoms with van der Waals surface area (Å²) in [7, 11) is 1.65. The Morgan fingerprint density at radius 3 is 2.80 bits per heavy atom. The van der Waals surface area contributed by atoms with Crippen LogP contribution in [-0.4, -0.2) is 12.1 Å². The van der Waals surface area contributed by atoms with Crippen LogP contribution in [0.1, 0.15) is 11.5 Å². The number of hydrogen-bond donors (Lipinski definition) is 0.